The molecule has 6 nitrogen and oxygen atoms in total. The van der Waals surface area contributed by atoms with Gasteiger partial charge < -0.3 is 19.5 Å². The zero-order valence-electron chi connectivity index (χ0n) is 17.5. The molecule has 2 aromatic rings. The van der Waals surface area contributed by atoms with Gasteiger partial charge in [0.25, 0.3) is 5.91 Å². The number of hydrogen-bond acceptors (Lipinski definition) is 5. The second-order valence-corrected chi connectivity index (χ2v) is 7.14. The molecule has 0 fully saturated rings. The summed E-state index contributed by atoms with van der Waals surface area (Å²) in [6, 6.07) is 6.86. The van der Waals surface area contributed by atoms with E-state index in [1.54, 1.807) is 0 Å². The number of esters is 1. The first-order chi connectivity index (χ1) is 13.7. The second-order valence-electron chi connectivity index (χ2n) is 6.73. The zero-order valence-corrected chi connectivity index (χ0v) is 18.3. The van der Waals surface area contributed by atoms with Gasteiger partial charge in [-0.05, 0) is 57.9 Å². The van der Waals surface area contributed by atoms with Gasteiger partial charge in [-0.15, -0.1) is 0 Å². The van der Waals surface area contributed by atoms with Crippen molar-refractivity contribution in [2.75, 3.05) is 19.0 Å². The molecule has 1 amide bonds. The van der Waals surface area contributed by atoms with Gasteiger partial charge in [-0.1, -0.05) is 29.3 Å². The summed E-state index contributed by atoms with van der Waals surface area (Å²) >= 11 is 6.20. The quantitative estimate of drug-likeness (QED) is 0.649. The number of halogens is 1. The van der Waals surface area contributed by atoms with Crippen LogP contribution >= 0.6 is 11.6 Å². The normalized spacial score (nSPS) is 11.6. The van der Waals surface area contributed by atoms with E-state index in [2.05, 4.69) is 5.32 Å². The van der Waals surface area contributed by atoms with Gasteiger partial charge in [0.15, 0.2) is 17.6 Å². The number of anilines is 1. The minimum absolute atomic E-state index is 0.164. The summed E-state index contributed by atoms with van der Waals surface area (Å²) in [5, 5.41) is 3.06. The molecule has 0 unspecified atom stereocenters. The highest BCUT2D eigenvalue weighted by atomic mass is 35.5. The highest BCUT2D eigenvalue weighted by Gasteiger charge is 2.22. The van der Waals surface area contributed by atoms with Crippen LogP contribution in [0, 0.1) is 20.8 Å². The molecular weight excluding hydrogens is 394 g/mol. The van der Waals surface area contributed by atoms with Crippen molar-refractivity contribution in [2.24, 2.45) is 0 Å². The van der Waals surface area contributed by atoms with Crippen LogP contribution in [-0.4, -0.2) is 31.7 Å². The van der Waals surface area contributed by atoms with Crippen LogP contribution < -0.4 is 14.8 Å². The highest BCUT2D eigenvalue weighted by molar-refractivity contribution is 6.32. The maximum Gasteiger partial charge on any atom is 0.339 e. The third-order valence-electron chi connectivity index (χ3n) is 4.33. The summed E-state index contributed by atoms with van der Waals surface area (Å²) in [4.78, 5) is 25.1. The summed E-state index contributed by atoms with van der Waals surface area (Å²) in [5.41, 5.74) is 3.88. The molecule has 0 heterocycles. The first-order valence-corrected chi connectivity index (χ1v) is 9.65. The molecule has 0 aromatic heterocycles. The van der Waals surface area contributed by atoms with Crippen LogP contribution in [-0.2, 0) is 9.53 Å². The monoisotopic (exact) mass is 419 g/mol. The molecule has 0 aliphatic carbocycles. The Morgan fingerprint density at radius 2 is 1.72 bits per heavy atom. The van der Waals surface area contributed by atoms with Crippen LogP contribution in [0.5, 0.6) is 11.5 Å². The van der Waals surface area contributed by atoms with Crippen molar-refractivity contribution in [1.29, 1.82) is 0 Å². The van der Waals surface area contributed by atoms with Gasteiger partial charge in [0, 0.05) is 5.69 Å². The number of carbonyl (C=O) groups is 2. The van der Waals surface area contributed by atoms with Crippen LogP contribution in [0.25, 0.3) is 0 Å². The molecule has 2 rings (SSSR count). The fraction of sp³-hybridized carbons (Fsp3) is 0.364. The first kappa shape index (κ1) is 22.6. The summed E-state index contributed by atoms with van der Waals surface area (Å²) in [7, 11) is 1.45. The molecule has 29 heavy (non-hydrogen) atoms. The Morgan fingerprint density at radius 1 is 1.10 bits per heavy atom. The Labute approximate surface area is 176 Å². The maximum atomic E-state index is 12.5. The Morgan fingerprint density at radius 3 is 2.28 bits per heavy atom. The molecule has 0 radical (unpaired) electrons. The van der Waals surface area contributed by atoms with Crippen molar-refractivity contribution < 1.29 is 23.8 Å². The van der Waals surface area contributed by atoms with E-state index in [0.29, 0.717) is 23.8 Å². The van der Waals surface area contributed by atoms with Gasteiger partial charge in [-0.25, -0.2) is 4.79 Å². The molecule has 2 aromatic carbocycles. The molecule has 1 N–H and O–H groups in total. The van der Waals surface area contributed by atoms with E-state index in [-0.39, 0.29) is 10.6 Å². The van der Waals surface area contributed by atoms with Gasteiger partial charge in [0.05, 0.1) is 24.3 Å². The van der Waals surface area contributed by atoms with E-state index < -0.39 is 18.0 Å². The predicted octanol–water partition coefficient (Wildman–Crippen LogP) is 4.86. The van der Waals surface area contributed by atoms with Crippen molar-refractivity contribution in [1.82, 2.24) is 0 Å². The number of ether oxygens (including phenoxy) is 3. The Bertz CT molecular complexity index is 903. The van der Waals surface area contributed by atoms with Crippen molar-refractivity contribution in [2.45, 2.75) is 40.7 Å². The minimum Gasteiger partial charge on any atom is -0.493 e. The van der Waals surface area contributed by atoms with Crippen molar-refractivity contribution in [3.8, 4) is 11.5 Å². The number of methoxy groups -OCH3 is 1. The Balaban J connectivity index is 2.14. The van der Waals surface area contributed by atoms with E-state index in [4.69, 9.17) is 25.8 Å². The number of nitrogens with one attached hydrogen (secondary N) is 1. The standard InChI is InChI=1S/C22H26ClNO5/c1-7-28-20-17(23)10-16(11-18(20)27-6)22(26)29-15(5)21(25)24-19-13(3)8-12(2)9-14(19)4/h8-11,15H,7H2,1-6H3,(H,24,25)/t15-/m0/s1. The van der Waals surface area contributed by atoms with E-state index in [0.717, 1.165) is 16.7 Å². The lowest BCUT2D eigenvalue weighted by Crippen LogP contribution is -2.30. The summed E-state index contributed by atoms with van der Waals surface area (Å²) in [6.45, 7) is 9.55. The topological polar surface area (TPSA) is 73.9 Å². The van der Waals surface area contributed by atoms with E-state index in [9.17, 15) is 9.59 Å². The number of hydrogen-bond donors (Lipinski definition) is 1. The summed E-state index contributed by atoms with van der Waals surface area (Å²) in [6.07, 6.45) is -1.00. The molecule has 0 saturated heterocycles. The lowest BCUT2D eigenvalue weighted by molar-refractivity contribution is -0.123. The number of carbonyl (C=O) groups excluding carboxylic acids is 2. The van der Waals surface area contributed by atoms with Crippen LogP contribution in [0.2, 0.25) is 5.02 Å². The lowest BCUT2D eigenvalue weighted by atomic mass is 10.0. The number of rotatable bonds is 7. The smallest absolute Gasteiger partial charge is 0.339 e. The molecule has 0 spiro atoms. The van der Waals surface area contributed by atoms with Gasteiger partial charge in [0.1, 0.15) is 0 Å². The predicted molar refractivity (Wildman–Crippen MR) is 113 cm³/mol. The van der Waals surface area contributed by atoms with Crippen molar-refractivity contribution >= 4 is 29.2 Å². The van der Waals surface area contributed by atoms with E-state index in [1.807, 2.05) is 39.8 Å². The van der Waals surface area contributed by atoms with Gasteiger partial charge in [0.2, 0.25) is 0 Å². The molecule has 0 bridgehead atoms. The molecule has 0 aliphatic heterocycles. The van der Waals surface area contributed by atoms with E-state index >= 15 is 0 Å². The fourth-order valence-electron chi connectivity index (χ4n) is 3.01. The largest absolute Gasteiger partial charge is 0.493 e. The average Bonchev–Trinajstić information content (AvgIpc) is 2.65. The fourth-order valence-corrected chi connectivity index (χ4v) is 3.27. The minimum atomic E-state index is -1.00. The van der Waals surface area contributed by atoms with Crippen molar-refractivity contribution in [3.05, 3.63) is 51.5 Å². The number of benzene rings is 2. The Hall–Kier alpha value is -2.73. The number of aryl methyl sites for hydroxylation is 3. The molecule has 156 valence electrons. The number of amides is 1. The zero-order chi connectivity index (χ0) is 21.7. The Kier molecular flexibility index (Phi) is 7.51. The third kappa shape index (κ3) is 5.41. The molecule has 1 atom stereocenters. The maximum absolute atomic E-state index is 12.5. The van der Waals surface area contributed by atoms with Gasteiger partial charge >= 0.3 is 5.97 Å². The molecule has 0 aliphatic rings. The van der Waals surface area contributed by atoms with Gasteiger partial charge in [-0.3, -0.25) is 4.79 Å². The summed E-state index contributed by atoms with van der Waals surface area (Å²) < 4.78 is 16.0. The average molecular weight is 420 g/mol. The highest BCUT2D eigenvalue weighted by Crippen LogP contribution is 2.36. The third-order valence-corrected chi connectivity index (χ3v) is 4.61. The molecule has 0 saturated carbocycles. The molecule has 7 heteroatoms. The summed E-state index contributed by atoms with van der Waals surface area (Å²) in [5.74, 6) is -0.440. The van der Waals surface area contributed by atoms with Crippen LogP contribution in [0.4, 0.5) is 5.69 Å². The van der Waals surface area contributed by atoms with Gasteiger partial charge in [-0.2, -0.15) is 0 Å². The van der Waals surface area contributed by atoms with Crippen LogP contribution in [0.3, 0.4) is 0 Å². The lowest BCUT2D eigenvalue weighted by Gasteiger charge is -2.17. The van der Waals surface area contributed by atoms with Crippen LogP contribution in [0.1, 0.15) is 40.9 Å². The second kappa shape index (κ2) is 9.65. The SMILES string of the molecule is CCOc1c(Cl)cc(C(=O)O[C@@H](C)C(=O)Nc2c(C)cc(C)cc2C)cc1OC. The first-order valence-electron chi connectivity index (χ1n) is 9.27. The van der Waals surface area contributed by atoms with Crippen molar-refractivity contribution in [3.63, 3.8) is 0 Å². The molecular formula is C22H26ClNO5. The van der Waals surface area contributed by atoms with Crippen LogP contribution in [0.15, 0.2) is 24.3 Å². The van der Waals surface area contributed by atoms with E-state index in [1.165, 1.54) is 26.2 Å².